The van der Waals surface area contributed by atoms with Crippen molar-refractivity contribution in [2.45, 2.75) is 51.7 Å². The summed E-state index contributed by atoms with van der Waals surface area (Å²) >= 11 is 0. The van der Waals surface area contributed by atoms with Gasteiger partial charge in [0.2, 0.25) is 5.43 Å². The Kier molecular flexibility index (Phi) is 7.62. The van der Waals surface area contributed by atoms with E-state index >= 15 is 0 Å². The van der Waals surface area contributed by atoms with Crippen LogP contribution in [0.15, 0.2) is 70.9 Å². The lowest BCUT2D eigenvalue weighted by Gasteiger charge is -2.16. The molecule has 0 atom stereocenters. The van der Waals surface area contributed by atoms with Gasteiger partial charge in [-0.3, -0.25) is 19.6 Å². The third-order valence-electron chi connectivity index (χ3n) is 7.04. The maximum Gasteiger partial charge on any atom is 0.257 e. The number of carbonyl (C=O) groups is 1. The minimum Gasteiger partial charge on any atom is -0.384 e. The molecule has 206 valence electrons. The van der Waals surface area contributed by atoms with Crippen LogP contribution in [-0.2, 0) is 5.60 Å². The molecule has 9 heteroatoms. The average molecular weight is 541 g/mol. The fraction of sp³-hybridized carbons (Fsp3) is 0.290. The first-order chi connectivity index (χ1) is 19.2. The van der Waals surface area contributed by atoms with Crippen LogP contribution in [0.4, 0.5) is 0 Å². The molecule has 0 spiro atoms. The molecular weight excluding hydrogens is 506 g/mol. The molecule has 1 aliphatic carbocycles. The van der Waals surface area contributed by atoms with Gasteiger partial charge in [-0.2, -0.15) is 5.48 Å². The first-order valence-corrected chi connectivity index (χ1v) is 13.4. The number of fused-ring (bicyclic) bond motifs is 1. The van der Waals surface area contributed by atoms with Crippen molar-refractivity contribution in [1.29, 1.82) is 0 Å². The second kappa shape index (κ2) is 11.1. The first-order valence-electron chi connectivity index (χ1n) is 13.4. The van der Waals surface area contributed by atoms with Gasteiger partial charge >= 0.3 is 0 Å². The number of hydrogen-bond acceptors (Lipinski definition) is 6. The molecule has 3 heterocycles. The van der Waals surface area contributed by atoms with E-state index in [0.717, 1.165) is 46.3 Å². The van der Waals surface area contributed by atoms with Gasteiger partial charge in [0.1, 0.15) is 22.9 Å². The lowest BCUT2D eigenvalue weighted by molar-refractivity contribution is -0.837. The standard InChI is InChI=1S/C31H33N5O4/c1-19(21-9-12-27(33-16-21)31(2,3)39)14-22(17-34-40)20-6-4-7-24(15-20)36-18-26(30(38)35-23-10-11-23)28(37)25-8-5-13-32-29(25)36/h4,6-9,12,14-18,23,34,39-40H,5,10-11,13H2,1-3H3,(H,35,38)/p+1/b19-14+,22-17+. The van der Waals surface area contributed by atoms with Gasteiger partial charge in [0.05, 0.1) is 10.9 Å². The monoisotopic (exact) mass is 540 g/mol. The molecule has 0 unspecified atom stereocenters. The van der Waals surface area contributed by atoms with Crippen molar-refractivity contribution >= 4 is 23.1 Å². The summed E-state index contributed by atoms with van der Waals surface area (Å²) in [6.45, 7) is 5.90. The van der Waals surface area contributed by atoms with Crippen molar-refractivity contribution < 1.29 is 20.6 Å². The number of amides is 1. The van der Waals surface area contributed by atoms with Crippen molar-refractivity contribution in [3.8, 4) is 5.69 Å². The van der Waals surface area contributed by atoms with Crippen LogP contribution in [0.5, 0.6) is 0 Å². The molecule has 40 heavy (non-hydrogen) atoms. The summed E-state index contributed by atoms with van der Waals surface area (Å²) in [5.74, 6) is -0.364. The number of quaternary nitrogens is 1. The average Bonchev–Trinajstić information content (AvgIpc) is 3.76. The number of pyridine rings is 2. The number of nitrogens with two attached hydrogens (primary N) is 1. The van der Waals surface area contributed by atoms with Crippen molar-refractivity contribution in [1.82, 2.24) is 14.9 Å². The Balaban J connectivity index is 1.55. The number of aliphatic hydroxyl groups is 1. The summed E-state index contributed by atoms with van der Waals surface area (Å²) in [5, 5.41) is 23.3. The summed E-state index contributed by atoms with van der Waals surface area (Å²) in [7, 11) is 0. The number of carbonyl (C=O) groups excluding carboxylic acids is 1. The van der Waals surface area contributed by atoms with E-state index in [4.69, 9.17) is 0 Å². The molecule has 1 saturated carbocycles. The van der Waals surface area contributed by atoms with Gasteiger partial charge in [-0.15, -0.1) is 0 Å². The van der Waals surface area contributed by atoms with Crippen LogP contribution in [0.2, 0.25) is 0 Å². The number of allylic oxidation sites excluding steroid dienone is 3. The van der Waals surface area contributed by atoms with E-state index in [2.05, 4.69) is 15.3 Å². The molecule has 9 nitrogen and oxygen atoms in total. The van der Waals surface area contributed by atoms with Gasteiger partial charge in [0.25, 0.3) is 5.91 Å². The zero-order valence-electron chi connectivity index (χ0n) is 22.9. The molecule has 1 fully saturated rings. The lowest BCUT2D eigenvalue weighted by Crippen LogP contribution is -2.73. The van der Waals surface area contributed by atoms with E-state index in [0.29, 0.717) is 29.4 Å². The fourth-order valence-electron chi connectivity index (χ4n) is 4.65. The van der Waals surface area contributed by atoms with Crippen LogP contribution in [0, 0.1) is 0 Å². The number of hydroxylamine groups is 1. The molecule has 5 rings (SSSR count). The number of rotatable bonds is 8. The normalized spacial score (nSPS) is 15.6. The van der Waals surface area contributed by atoms with E-state index in [1.54, 1.807) is 43.1 Å². The van der Waals surface area contributed by atoms with Gasteiger partial charge in [-0.05, 0) is 81.0 Å². The van der Waals surface area contributed by atoms with Crippen LogP contribution >= 0.6 is 0 Å². The minimum absolute atomic E-state index is 0.0987. The van der Waals surface area contributed by atoms with Gasteiger partial charge in [0, 0.05) is 36.2 Å². The molecule has 5 N–H and O–H groups in total. The maximum absolute atomic E-state index is 13.2. The molecule has 2 aromatic heterocycles. The van der Waals surface area contributed by atoms with Gasteiger partial charge in [-0.25, -0.2) is 5.21 Å². The quantitative estimate of drug-likeness (QED) is 0.254. The second-order valence-electron chi connectivity index (χ2n) is 10.7. The van der Waals surface area contributed by atoms with Crippen molar-refractivity contribution in [2.24, 2.45) is 4.99 Å². The first kappa shape index (κ1) is 27.4. The van der Waals surface area contributed by atoms with Crippen LogP contribution in [0.1, 0.15) is 67.2 Å². The Bertz CT molecular complexity index is 1690. The van der Waals surface area contributed by atoms with Gasteiger partial charge in [-0.1, -0.05) is 24.3 Å². The summed E-state index contributed by atoms with van der Waals surface area (Å²) in [4.78, 5) is 35.2. The lowest BCUT2D eigenvalue weighted by atomic mass is 9.99. The molecule has 0 saturated heterocycles. The van der Waals surface area contributed by atoms with Crippen LogP contribution < -0.4 is 26.9 Å². The number of aromatic nitrogens is 2. The molecule has 1 amide bonds. The summed E-state index contributed by atoms with van der Waals surface area (Å²) in [6.07, 6.45) is 11.2. The Morgan fingerprint density at radius 2 is 2.00 bits per heavy atom. The number of nitrogens with zero attached hydrogens (tertiary/aromatic N) is 3. The molecule has 1 aliphatic heterocycles. The van der Waals surface area contributed by atoms with Crippen molar-refractivity contribution in [3.05, 3.63) is 104 Å². The minimum atomic E-state index is -1.03. The summed E-state index contributed by atoms with van der Waals surface area (Å²) < 4.78 is 1.80. The highest BCUT2D eigenvalue weighted by Crippen LogP contribution is 2.25. The Hall–Kier alpha value is -4.18. The van der Waals surface area contributed by atoms with Crippen molar-refractivity contribution in [3.63, 3.8) is 0 Å². The van der Waals surface area contributed by atoms with Crippen LogP contribution in [-0.4, -0.2) is 38.4 Å². The van der Waals surface area contributed by atoms with Crippen LogP contribution in [0.3, 0.4) is 0 Å². The van der Waals surface area contributed by atoms with Gasteiger partial charge < -0.3 is 15.0 Å². The van der Waals surface area contributed by atoms with Crippen LogP contribution in [0.25, 0.3) is 22.9 Å². The van der Waals surface area contributed by atoms with E-state index in [9.17, 15) is 19.9 Å². The fourth-order valence-corrected chi connectivity index (χ4v) is 4.65. The third-order valence-corrected chi connectivity index (χ3v) is 7.04. The maximum atomic E-state index is 13.2. The highest BCUT2D eigenvalue weighted by atomic mass is 16.5. The van der Waals surface area contributed by atoms with E-state index < -0.39 is 5.60 Å². The smallest absolute Gasteiger partial charge is 0.257 e. The Morgan fingerprint density at radius 1 is 1.20 bits per heavy atom. The predicted molar refractivity (Wildman–Crippen MR) is 152 cm³/mol. The number of nitrogens with one attached hydrogen (secondary N) is 1. The molecule has 0 radical (unpaired) electrons. The predicted octanol–water partition coefficient (Wildman–Crippen LogP) is 1.55. The number of hydrogen-bond donors (Lipinski definition) is 4. The van der Waals surface area contributed by atoms with Gasteiger partial charge in [0.15, 0.2) is 0 Å². The summed E-state index contributed by atoms with van der Waals surface area (Å²) in [5.41, 5.74) is 4.96. The highest BCUT2D eigenvalue weighted by Gasteiger charge is 2.26. The molecular formula is C31H34N5O4+. The largest absolute Gasteiger partial charge is 0.384 e. The molecule has 3 aromatic rings. The van der Waals surface area contributed by atoms with E-state index in [1.807, 2.05) is 49.4 Å². The zero-order chi connectivity index (χ0) is 28.4. The molecule has 0 bridgehead atoms. The highest BCUT2D eigenvalue weighted by molar-refractivity contribution is 5.94. The third kappa shape index (κ3) is 5.86. The molecule has 1 aromatic carbocycles. The zero-order valence-corrected chi connectivity index (χ0v) is 22.9. The second-order valence-corrected chi connectivity index (χ2v) is 10.7. The molecule has 2 aliphatic rings. The Morgan fingerprint density at radius 3 is 2.67 bits per heavy atom. The number of benzene rings is 1. The summed E-state index contributed by atoms with van der Waals surface area (Å²) in [6, 6.07) is 11.5. The SMILES string of the molecule is C/C(=C\C(=C/[NH2+]O)c1cccc(-n2cc(C(=O)NC3CC3)c(=O)c3c2=NCCC=3)c1)c1ccc(C(C)(C)O)nc1. The topological polar surface area (TPSA) is 133 Å². The van der Waals surface area contributed by atoms with E-state index in [1.165, 1.54) is 0 Å². The van der Waals surface area contributed by atoms with Crippen molar-refractivity contribution in [2.75, 3.05) is 6.54 Å². The van der Waals surface area contributed by atoms with E-state index in [-0.39, 0.29) is 22.9 Å². The Labute approximate surface area is 231 Å².